The number of aromatic nitrogens is 6. The van der Waals surface area contributed by atoms with Gasteiger partial charge in [0.2, 0.25) is 0 Å². The molecular weight excluding hydrogens is 473 g/mol. The molecule has 0 aromatic carbocycles. The summed E-state index contributed by atoms with van der Waals surface area (Å²) in [4.78, 5) is 31.1. The van der Waals surface area contributed by atoms with Gasteiger partial charge in [-0.15, -0.1) is 0 Å². The number of hydrogen-bond acceptors (Lipinski definition) is 6. The number of nitrogens with one attached hydrogen (secondary N) is 2. The lowest BCUT2D eigenvalue weighted by Gasteiger charge is -2.29. The van der Waals surface area contributed by atoms with Crippen molar-refractivity contribution in [2.75, 3.05) is 18.0 Å². The average molecular weight is 499 g/mol. The summed E-state index contributed by atoms with van der Waals surface area (Å²) in [6.45, 7) is 1.10. The first kappa shape index (κ1) is 23.8. The Hall–Kier alpha value is -3.96. The maximum Gasteiger partial charge on any atom is 0.390 e. The van der Waals surface area contributed by atoms with E-state index in [9.17, 15) is 18.0 Å². The highest BCUT2D eigenvalue weighted by atomic mass is 19.4. The molecule has 1 amide bonds. The summed E-state index contributed by atoms with van der Waals surface area (Å²) in [5, 5.41) is 7.80. The van der Waals surface area contributed by atoms with Crippen LogP contribution in [-0.4, -0.2) is 54.9 Å². The van der Waals surface area contributed by atoms with Gasteiger partial charge in [0.25, 0.3) is 5.91 Å². The van der Waals surface area contributed by atoms with Gasteiger partial charge in [0.1, 0.15) is 17.8 Å². The van der Waals surface area contributed by atoms with E-state index in [1.807, 2.05) is 33.8 Å². The molecule has 188 valence electrons. The molecule has 0 fully saturated rings. The third-order valence-corrected chi connectivity index (χ3v) is 6.20. The number of fused-ring (bicyclic) bond motifs is 2. The Bertz CT molecular complexity index is 1350. The number of aryl methyl sites for hydroxylation is 2. The Morgan fingerprint density at radius 3 is 2.86 bits per heavy atom. The average Bonchev–Trinajstić information content (AvgIpc) is 3.48. The molecule has 9 nitrogen and oxygen atoms in total. The molecule has 0 aliphatic carbocycles. The Balaban J connectivity index is 1.39. The number of amides is 1. The van der Waals surface area contributed by atoms with Crippen molar-refractivity contribution in [3.8, 4) is 0 Å². The molecule has 1 aliphatic rings. The molecule has 2 N–H and O–H groups in total. The predicted octanol–water partition coefficient (Wildman–Crippen LogP) is 3.43. The normalized spacial score (nSPS) is 13.7. The molecule has 0 saturated carbocycles. The lowest BCUT2D eigenvalue weighted by Crippen LogP contribution is -2.34. The summed E-state index contributed by atoms with van der Waals surface area (Å²) in [6, 6.07) is 7.65. The molecule has 4 aromatic heterocycles. The van der Waals surface area contributed by atoms with Crippen molar-refractivity contribution in [1.82, 2.24) is 35.0 Å². The van der Waals surface area contributed by atoms with Crippen LogP contribution in [0, 0.1) is 0 Å². The van der Waals surface area contributed by atoms with Crippen LogP contribution < -0.4 is 10.2 Å². The number of H-pyrrole nitrogens is 1. The molecule has 1 aliphatic heterocycles. The van der Waals surface area contributed by atoms with Crippen molar-refractivity contribution in [3.05, 3.63) is 65.6 Å². The minimum atomic E-state index is -4.34. The van der Waals surface area contributed by atoms with E-state index in [1.165, 1.54) is 6.33 Å². The zero-order valence-electron chi connectivity index (χ0n) is 19.4. The first-order valence-corrected chi connectivity index (χ1v) is 11.8. The third-order valence-electron chi connectivity index (χ3n) is 6.20. The van der Waals surface area contributed by atoms with Crippen LogP contribution in [-0.2, 0) is 25.9 Å². The van der Waals surface area contributed by atoms with E-state index in [4.69, 9.17) is 0 Å². The van der Waals surface area contributed by atoms with Gasteiger partial charge in [-0.05, 0) is 31.0 Å². The lowest BCUT2D eigenvalue weighted by molar-refractivity contribution is -0.133. The topological polar surface area (TPSA) is 105 Å². The summed E-state index contributed by atoms with van der Waals surface area (Å²) < 4.78 is 39.6. The summed E-state index contributed by atoms with van der Waals surface area (Å²) >= 11 is 0. The van der Waals surface area contributed by atoms with Crippen LogP contribution in [0.3, 0.4) is 0 Å². The van der Waals surface area contributed by atoms with Gasteiger partial charge < -0.3 is 15.2 Å². The number of alkyl halides is 3. The van der Waals surface area contributed by atoms with E-state index in [2.05, 4.69) is 30.4 Å². The van der Waals surface area contributed by atoms with E-state index >= 15 is 0 Å². The maximum absolute atomic E-state index is 12.9. The van der Waals surface area contributed by atoms with Crippen molar-refractivity contribution >= 4 is 22.8 Å². The number of carbonyl (C=O) groups excluding carboxylic acids is 1. The summed E-state index contributed by atoms with van der Waals surface area (Å²) in [7, 11) is 0. The van der Waals surface area contributed by atoms with Gasteiger partial charge in [-0.1, -0.05) is 6.07 Å². The standard InChI is InChI=1S/C24H25F3N8O/c25-24(26,27)8-11-30-23(36)20-18-14-34(22-17-6-10-29-21(17)31-15-32-22)13-7-19(18)35(33-20)12-3-5-16-4-1-2-9-28-16/h1-2,4,6,9-10,15H,3,5,7-8,11-14H2,(H,30,36)(H,29,31,32). The second-order valence-corrected chi connectivity index (χ2v) is 8.65. The fraction of sp³-hybridized carbons (Fsp3) is 0.375. The van der Waals surface area contributed by atoms with Crippen molar-refractivity contribution < 1.29 is 18.0 Å². The summed E-state index contributed by atoms with van der Waals surface area (Å²) in [5.74, 6) is 0.133. The highest BCUT2D eigenvalue weighted by Crippen LogP contribution is 2.30. The van der Waals surface area contributed by atoms with E-state index in [0.29, 0.717) is 37.3 Å². The highest BCUT2D eigenvalue weighted by Gasteiger charge is 2.31. The zero-order valence-corrected chi connectivity index (χ0v) is 19.4. The van der Waals surface area contributed by atoms with Gasteiger partial charge in [0.15, 0.2) is 5.69 Å². The van der Waals surface area contributed by atoms with Crippen LogP contribution >= 0.6 is 0 Å². The SMILES string of the molecule is O=C(NCCC(F)(F)F)c1nn(CCCc2ccccn2)c2c1CN(c1ncnc3[nH]ccc13)CC2. The van der Waals surface area contributed by atoms with Crippen molar-refractivity contribution in [3.63, 3.8) is 0 Å². The molecule has 0 spiro atoms. The largest absolute Gasteiger partial charge is 0.390 e. The number of rotatable bonds is 8. The number of carbonyl (C=O) groups is 1. The van der Waals surface area contributed by atoms with Crippen LogP contribution in [0.4, 0.5) is 19.0 Å². The number of nitrogens with zero attached hydrogens (tertiary/aromatic N) is 6. The number of pyridine rings is 1. The quantitative estimate of drug-likeness (QED) is 0.386. The molecule has 0 radical (unpaired) electrons. The predicted molar refractivity (Wildman–Crippen MR) is 126 cm³/mol. The Kier molecular flexibility index (Phi) is 6.57. The second kappa shape index (κ2) is 9.96. The maximum atomic E-state index is 12.9. The molecule has 0 bridgehead atoms. The third kappa shape index (κ3) is 5.16. The van der Waals surface area contributed by atoms with Gasteiger partial charge >= 0.3 is 6.18 Å². The van der Waals surface area contributed by atoms with E-state index in [1.54, 1.807) is 12.4 Å². The monoisotopic (exact) mass is 498 g/mol. The lowest BCUT2D eigenvalue weighted by atomic mass is 10.0. The number of aromatic amines is 1. The second-order valence-electron chi connectivity index (χ2n) is 8.65. The minimum absolute atomic E-state index is 0.161. The van der Waals surface area contributed by atoms with Crippen molar-refractivity contribution in [2.45, 2.75) is 44.9 Å². The first-order chi connectivity index (χ1) is 17.4. The smallest absolute Gasteiger partial charge is 0.351 e. The summed E-state index contributed by atoms with van der Waals surface area (Å²) in [6.07, 6.45) is 1.72. The van der Waals surface area contributed by atoms with Gasteiger partial charge in [-0.2, -0.15) is 18.3 Å². The first-order valence-electron chi connectivity index (χ1n) is 11.8. The molecule has 5 rings (SSSR count). The van der Waals surface area contributed by atoms with Gasteiger partial charge in [-0.3, -0.25) is 14.5 Å². The van der Waals surface area contributed by atoms with Crippen LogP contribution in [0.2, 0.25) is 0 Å². The van der Waals surface area contributed by atoms with Gasteiger partial charge in [0, 0.05) is 61.9 Å². The van der Waals surface area contributed by atoms with Crippen LogP contribution in [0.1, 0.15) is 40.3 Å². The van der Waals surface area contributed by atoms with Gasteiger partial charge in [0.05, 0.1) is 11.8 Å². The van der Waals surface area contributed by atoms with Crippen molar-refractivity contribution in [2.24, 2.45) is 0 Å². The number of anilines is 1. The Labute approximate surface area is 204 Å². The van der Waals surface area contributed by atoms with E-state index in [0.717, 1.165) is 35.4 Å². The van der Waals surface area contributed by atoms with E-state index < -0.39 is 25.0 Å². The molecule has 4 aromatic rings. The molecule has 0 saturated heterocycles. The van der Waals surface area contributed by atoms with Crippen molar-refractivity contribution in [1.29, 1.82) is 0 Å². The minimum Gasteiger partial charge on any atom is -0.351 e. The van der Waals surface area contributed by atoms with Crippen LogP contribution in [0.25, 0.3) is 11.0 Å². The van der Waals surface area contributed by atoms with Crippen LogP contribution in [0.5, 0.6) is 0 Å². The van der Waals surface area contributed by atoms with E-state index in [-0.39, 0.29) is 5.69 Å². The molecular formula is C24H25F3N8O. The Morgan fingerprint density at radius 1 is 1.17 bits per heavy atom. The fourth-order valence-electron chi connectivity index (χ4n) is 4.51. The molecule has 36 heavy (non-hydrogen) atoms. The number of hydrogen-bond donors (Lipinski definition) is 2. The van der Waals surface area contributed by atoms with Crippen LogP contribution in [0.15, 0.2) is 43.0 Å². The molecule has 12 heteroatoms. The molecule has 0 unspecified atom stereocenters. The zero-order chi connectivity index (χ0) is 25.1. The molecule has 0 atom stereocenters. The Morgan fingerprint density at radius 2 is 2.06 bits per heavy atom. The summed E-state index contributed by atoms with van der Waals surface area (Å²) in [5.41, 5.74) is 3.47. The highest BCUT2D eigenvalue weighted by molar-refractivity contribution is 5.94. The van der Waals surface area contributed by atoms with Gasteiger partial charge in [-0.25, -0.2) is 9.97 Å². The number of halogens is 3. The molecule has 5 heterocycles. The fourth-order valence-corrected chi connectivity index (χ4v) is 4.51.